The van der Waals surface area contributed by atoms with Crippen molar-refractivity contribution in [3.05, 3.63) is 343 Å². The summed E-state index contributed by atoms with van der Waals surface area (Å²) in [5, 5.41) is 2.10. The van der Waals surface area contributed by atoms with Crippen molar-refractivity contribution in [2.75, 3.05) is 9.80 Å². The molecule has 0 radical (unpaired) electrons. The minimum atomic E-state index is -0.842. The quantitative estimate of drug-likeness (QED) is 0.114. The van der Waals surface area contributed by atoms with Gasteiger partial charge in [-0.1, -0.05) is 273 Å². The van der Waals surface area contributed by atoms with Crippen molar-refractivity contribution in [1.82, 2.24) is 0 Å². The molecule has 1 unspecified atom stereocenters. The number of nitrogens with zero attached hydrogens (tertiary/aromatic N) is 2. The summed E-state index contributed by atoms with van der Waals surface area (Å²) in [4.78, 5) is 5.02. The molecule has 1 aromatic heterocycles. The number of furan rings is 1. The van der Waals surface area contributed by atoms with Crippen molar-refractivity contribution >= 4 is 61.6 Å². The second kappa shape index (κ2) is 22.4. The second-order valence-corrected chi connectivity index (χ2v) is 26.5. The molecule has 440 valence electrons. The summed E-state index contributed by atoms with van der Waals surface area (Å²) in [6.45, 7) is 20.3. The van der Waals surface area contributed by atoms with E-state index >= 15 is 0 Å². The summed E-state index contributed by atoms with van der Waals surface area (Å²) in [5.74, 6) is 0. The Kier molecular flexibility index (Phi) is 14.0. The van der Waals surface area contributed by atoms with Crippen LogP contribution >= 0.6 is 0 Å². The van der Waals surface area contributed by atoms with Gasteiger partial charge in [0.15, 0.2) is 0 Å². The molecular formula is C88H72N2O. The predicted octanol–water partition coefficient (Wildman–Crippen LogP) is 24.6. The van der Waals surface area contributed by atoms with Gasteiger partial charge >= 0.3 is 0 Å². The molecule has 0 bridgehead atoms. The minimum absolute atomic E-state index is 0.0436. The van der Waals surface area contributed by atoms with E-state index in [1.54, 1.807) is 0 Å². The Balaban J connectivity index is 1.06. The van der Waals surface area contributed by atoms with Crippen LogP contribution in [0.1, 0.15) is 81.8 Å². The molecule has 91 heavy (non-hydrogen) atoms. The third-order valence-corrected chi connectivity index (χ3v) is 19.0. The molecule has 0 saturated heterocycles. The minimum Gasteiger partial charge on any atom is -0.455 e. The van der Waals surface area contributed by atoms with Gasteiger partial charge in [-0.25, -0.2) is 0 Å². The highest BCUT2D eigenvalue weighted by Gasteiger charge is 2.53. The van der Waals surface area contributed by atoms with Gasteiger partial charge in [0.25, 0.3) is 0 Å². The van der Waals surface area contributed by atoms with Crippen LogP contribution in [0.15, 0.2) is 314 Å². The predicted molar refractivity (Wildman–Crippen MR) is 386 cm³/mol. The van der Waals surface area contributed by atoms with Gasteiger partial charge in [0.2, 0.25) is 0 Å². The first kappa shape index (κ1) is 56.7. The Labute approximate surface area is 535 Å². The van der Waals surface area contributed by atoms with Crippen LogP contribution in [0.5, 0.6) is 0 Å². The molecule has 3 heteroatoms. The number of anilines is 6. The zero-order valence-corrected chi connectivity index (χ0v) is 52.8. The van der Waals surface area contributed by atoms with Gasteiger partial charge in [0.05, 0.1) is 27.9 Å². The Morgan fingerprint density at radius 1 is 0.385 bits per heavy atom. The molecule has 1 heterocycles. The lowest BCUT2D eigenvalue weighted by Gasteiger charge is -2.35. The lowest BCUT2D eigenvalue weighted by Crippen LogP contribution is -2.27. The van der Waals surface area contributed by atoms with Crippen molar-refractivity contribution in [3.63, 3.8) is 0 Å². The van der Waals surface area contributed by atoms with Crippen molar-refractivity contribution in [3.8, 4) is 55.6 Å². The second-order valence-electron chi connectivity index (χ2n) is 26.5. The molecule has 12 aromatic carbocycles. The van der Waals surface area contributed by atoms with E-state index in [0.717, 1.165) is 112 Å². The molecule has 0 saturated carbocycles. The van der Waals surface area contributed by atoms with Gasteiger partial charge in [-0.3, -0.25) is 0 Å². The van der Waals surface area contributed by atoms with Crippen molar-refractivity contribution < 1.29 is 4.42 Å². The van der Waals surface area contributed by atoms with Crippen LogP contribution in [0.3, 0.4) is 0 Å². The van der Waals surface area contributed by atoms with Crippen molar-refractivity contribution in [1.29, 1.82) is 0 Å². The van der Waals surface area contributed by atoms with E-state index in [4.69, 9.17) is 4.42 Å². The Morgan fingerprint density at radius 2 is 0.868 bits per heavy atom. The molecule has 1 spiro atoms. The van der Waals surface area contributed by atoms with E-state index in [2.05, 4.69) is 356 Å². The number of rotatable bonds is 12. The molecule has 3 nitrogen and oxygen atoms in total. The van der Waals surface area contributed by atoms with E-state index in [0.29, 0.717) is 0 Å². The first-order valence-electron chi connectivity index (χ1n) is 31.8. The van der Waals surface area contributed by atoms with E-state index in [1.807, 2.05) is 6.08 Å². The number of hydrogen-bond donors (Lipinski definition) is 0. The van der Waals surface area contributed by atoms with Crippen molar-refractivity contribution in [2.24, 2.45) is 0 Å². The van der Waals surface area contributed by atoms with E-state index in [1.165, 1.54) is 44.5 Å². The fraction of sp³-hybridized carbons (Fsp3) is 0.114. The topological polar surface area (TPSA) is 19.6 Å². The smallest absolute Gasteiger partial charge is 0.145 e. The summed E-state index contributed by atoms with van der Waals surface area (Å²) >= 11 is 0. The van der Waals surface area contributed by atoms with E-state index < -0.39 is 5.41 Å². The van der Waals surface area contributed by atoms with Gasteiger partial charge in [0, 0.05) is 39.1 Å². The van der Waals surface area contributed by atoms with Crippen LogP contribution in [0.2, 0.25) is 0 Å². The van der Waals surface area contributed by atoms with Gasteiger partial charge in [-0.15, -0.1) is 0 Å². The molecule has 15 rings (SSSR count). The van der Waals surface area contributed by atoms with Crippen molar-refractivity contribution in [2.45, 2.75) is 64.7 Å². The number of fused-ring (bicyclic) bond motifs is 11. The highest BCUT2D eigenvalue weighted by molar-refractivity contribution is 6.20. The number of benzene rings is 12. The molecule has 0 N–H and O–H groups in total. The van der Waals surface area contributed by atoms with Crippen LogP contribution < -0.4 is 9.80 Å². The maximum atomic E-state index is 7.58. The largest absolute Gasteiger partial charge is 0.455 e. The standard InChI is InChI=1S/C88H72N2O/c1-9-10-37-75-58(2)70-35-23-25-38-76(70)88(75)77-56-69(89(67-46-42-65(43-47-67)86(3,4)5)79-52-40-63(59-27-15-11-16-28-59)54-73(79)61-31-19-13-20-32-61)50-51-71(77)83-78(88)57-81(84-72-36-24-26-39-82(72)91-85(83)84)90(68-48-44-66(45-49-68)87(6,7)8)80-53-41-64(60-29-17-12-18-30-60)55-74(80)62-33-21-14-22-34-62/h9-57H,1H2,2-8H3/b37-10-. The summed E-state index contributed by atoms with van der Waals surface area (Å²) in [6, 6.07) is 103. The SMILES string of the molecule is C=C/C=C\C1=C(C)c2ccccc2C12c1cc(N(c3ccc(C(C)(C)C)cc3)c3ccc(-c4ccccc4)cc3-c3ccccc3)ccc1-c1c2cc(N(c2ccc(C(C)(C)C)cc2)c2ccc(-c3ccccc3)cc2-c2ccccc2)c2c1oc1ccccc12. The Hall–Kier alpha value is -10.7. The number of allylic oxidation sites excluding steroid dienone is 5. The fourth-order valence-corrected chi connectivity index (χ4v) is 14.5. The maximum Gasteiger partial charge on any atom is 0.145 e. The Bertz CT molecular complexity index is 5000. The van der Waals surface area contributed by atoms with Gasteiger partial charge < -0.3 is 14.2 Å². The van der Waals surface area contributed by atoms with Crippen LogP contribution in [0.25, 0.3) is 83.1 Å². The summed E-state index contributed by atoms with van der Waals surface area (Å²) < 4.78 is 7.58. The Morgan fingerprint density at radius 3 is 1.42 bits per heavy atom. The van der Waals surface area contributed by atoms with E-state index in [-0.39, 0.29) is 10.8 Å². The van der Waals surface area contributed by atoms with E-state index in [9.17, 15) is 0 Å². The van der Waals surface area contributed by atoms with Crippen LogP contribution in [-0.2, 0) is 16.2 Å². The molecular weight excluding hydrogens is 1100 g/mol. The number of para-hydroxylation sites is 1. The molecule has 0 fully saturated rings. The van der Waals surface area contributed by atoms with Crippen LogP contribution in [0.4, 0.5) is 34.1 Å². The highest BCUT2D eigenvalue weighted by Crippen LogP contribution is 2.66. The monoisotopic (exact) mass is 1170 g/mol. The number of hydrogen-bond acceptors (Lipinski definition) is 3. The normalized spacial score (nSPS) is 14.3. The van der Waals surface area contributed by atoms with Crippen LogP contribution in [-0.4, -0.2) is 0 Å². The van der Waals surface area contributed by atoms with Crippen LogP contribution in [0, 0.1) is 0 Å². The third-order valence-electron chi connectivity index (χ3n) is 19.0. The first-order chi connectivity index (χ1) is 44.3. The summed E-state index contributed by atoms with van der Waals surface area (Å²) in [5.41, 5.74) is 28.2. The molecule has 0 amide bonds. The lowest BCUT2D eigenvalue weighted by molar-refractivity contribution is 0.590. The molecule has 0 aliphatic heterocycles. The highest BCUT2D eigenvalue weighted by atomic mass is 16.3. The fourth-order valence-electron chi connectivity index (χ4n) is 14.5. The van der Waals surface area contributed by atoms with Gasteiger partial charge in [-0.05, 0) is 174 Å². The average molecular weight is 1170 g/mol. The molecule has 2 aliphatic carbocycles. The lowest BCUT2D eigenvalue weighted by atomic mass is 9.69. The zero-order chi connectivity index (χ0) is 62.2. The molecule has 2 aliphatic rings. The maximum absolute atomic E-state index is 7.58. The van der Waals surface area contributed by atoms with Gasteiger partial charge in [0.1, 0.15) is 11.2 Å². The average Bonchev–Trinajstić information content (AvgIpc) is 1.51. The summed E-state index contributed by atoms with van der Waals surface area (Å²) in [7, 11) is 0. The first-order valence-corrected chi connectivity index (χ1v) is 31.8. The third kappa shape index (κ3) is 9.58. The summed E-state index contributed by atoms with van der Waals surface area (Å²) in [6.07, 6.45) is 6.37. The molecule has 1 atom stereocenters. The zero-order valence-electron chi connectivity index (χ0n) is 52.8. The molecule has 13 aromatic rings. The van der Waals surface area contributed by atoms with Gasteiger partial charge in [-0.2, -0.15) is 0 Å².